The molecule has 0 saturated heterocycles. The van der Waals surface area contributed by atoms with Crippen LogP contribution < -0.4 is 5.56 Å². The molecular weight excluding hydrogens is 324 g/mol. The number of fused-ring (bicyclic) bond motifs is 3. The van der Waals surface area contributed by atoms with E-state index in [2.05, 4.69) is 4.98 Å². The number of aromatic nitrogens is 2. The Morgan fingerprint density at radius 2 is 2.14 bits per heavy atom. The summed E-state index contributed by atoms with van der Waals surface area (Å²) in [7, 11) is -0.831. The Labute approximate surface area is 134 Å². The fourth-order valence-electron chi connectivity index (χ4n) is 2.90. The quantitative estimate of drug-likeness (QED) is 0.869. The SMILES string of the molecule is CS(=O)CCCn1c(=S)[nH]c2sc3c(c2c1=O)CCCC3. The average Bonchev–Trinajstić information content (AvgIpc) is 2.80. The van der Waals surface area contributed by atoms with E-state index in [1.165, 1.54) is 16.9 Å². The van der Waals surface area contributed by atoms with Gasteiger partial charge in [-0.1, -0.05) is 0 Å². The van der Waals surface area contributed by atoms with Crippen molar-refractivity contribution in [2.75, 3.05) is 12.0 Å². The molecule has 4 nitrogen and oxygen atoms in total. The molecule has 1 unspecified atom stereocenters. The molecule has 1 N–H and O–H groups in total. The van der Waals surface area contributed by atoms with E-state index in [1.807, 2.05) is 0 Å². The third kappa shape index (κ3) is 2.91. The highest BCUT2D eigenvalue weighted by Gasteiger charge is 2.19. The fraction of sp³-hybridized carbons (Fsp3) is 0.571. The average molecular weight is 343 g/mol. The largest absolute Gasteiger partial charge is 0.323 e. The molecule has 0 bridgehead atoms. The van der Waals surface area contributed by atoms with Gasteiger partial charge in [-0.25, -0.2) is 0 Å². The van der Waals surface area contributed by atoms with Crippen LogP contribution in [0.5, 0.6) is 0 Å². The van der Waals surface area contributed by atoms with Crippen molar-refractivity contribution < 1.29 is 4.21 Å². The molecule has 0 aliphatic heterocycles. The monoisotopic (exact) mass is 342 g/mol. The number of nitrogens with zero attached hydrogens (tertiary/aromatic N) is 1. The zero-order valence-electron chi connectivity index (χ0n) is 11.9. The number of thiophene rings is 1. The molecular formula is C14H18N2O2S3. The van der Waals surface area contributed by atoms with E-state index in [4.69, 9.17) is 12.2 Å². The van der Waals surface area contributed by atoms with Crippen LogP contribution in [0.15, 0.2) is 4.79 Å². The summed E-state index contributed by atoms with van der Waals surface area (Å²) in [6.45, 7) is 0.536. The van der Waals surface area contributed by atoms with Crippen molar-refractivity contribution in [1.82, 2.24) is 9.55 Å². The minimum atomic E-state index is -0.831. The van der Waals surface area contributed by atoms with Gasteiger partial charge in [-0.05, 0) is 49.9 Å². The summed E-state index contributed by atoms with van der Waals surface area (Å²) >= 11 is 7.01. The van der Waals surface area contributed by atoms with Crippen molar-refractivity contribution in [2.45, 2.75) is 38.6 Å². The second kappa shape index (κ2) is 6.14. The van der Waals surface area contributed by atoms with Gasteiger partial charge in [0.1, 0.15) is 4.83 Å². The van der Waals surface area contributed by atoms with Crippen LogP contribution in [-0.2, 0) is 30.2 Å². The second-order valence-electron chi connectivity index (χ2n) is 5.43. The number of hydrogen-bond donors (Lipinski definition) is 1. The number of H-pyrrole nitrogens is 1. The van der Waals surface area contributed by atoms with Gasteiger partial charge in [-0.15, -0.1) is 11.3 Å². The van der Waals surface area contributed by atoms with Gasteiger partial charge in [0.15, 0.2) is 4.77 Å². The minimum Gasteiger partial charge on any atom is -0.323 e. The van der Waals surface area contributed by atoms with E-state index in [1.54, 1.807) is 22.2 Å². The highest BCUT2D eigenvalue weighted by atomic mass is 32.2. The first-order chi connectivity index (χ1) is 10.1. The Hall–Kier alpha value is -0.790. The summed E-state index contributed by atoms with van der Waals surface area (Å²) in [6, 6.07) is 0. The van der Waals surface area contributed by atoms with Crippen molar-refractivity contribution in [3.63, 3.8) is 0 Å². The summed E-state index contributed by atoms with van der Waals surface area (Å²) < 4.78 is 13.3. The van der Waals surface area contributed by atoms with E-state index < -0.39 is 10.8 Å². The summed E-state index contributed by atoms with van der Waals surface area (Å²) in [5.74, 6) is 0.598. The van der Waals surface area contributed by atoms with Crippen molar-refractivity contribution >= 4 is 44.6 Å². The van der Waals surface area contributed by atoms with Gasteiger partial charge in [-0.2, -0.15) is 0 Å². The molecule has 114 valence electrons. The first-order valence-electron chi connectivity index (χ1n) is 7.15. The third-order valence-corrected chi connectivity index (χ3v) is 6.30. The van der Waals surface area contributed by atoms with Gasteiger partial charge < -0.3 is 4.98 Å². The molecule has 0 fully saturated rings. The molecule has 1 aliphatic carbocycles. The Morgan fingerprint density at radius 3 is 2.90 bits per heavy atom. The van der Waals surface area contributed by atoms with E-state index >= 15 is 0 Å². The van der Waals surface area contributed by atoms with Crippen LogP contribution >= 0.6 is 23.6 Å². The lowest BCUT2D eigenvalue weighted by molar-refractivity contribution is 0.632. The zero-order chi connectivity index (χ0) is 15.0. The molecule has 0 aromatic carbocycles. The van der Waals surface area contributed by atoms with Crippen LogP contribution in [0.3, 0.4) is 0 Å². The van der Waals surface area contributed by atoms with E-state index in [0.717, 1.165) is 29.5 Å². The Morgan fingerprint density at radius 1 is 1.38 bits per heavy atom. The van der Waals surface area contributed by atoms with Crippen molar-refractivity contribution in [1.29, 1.82) is 0 Å². The molecule has 2 aromatic heterocycles. The maximum atomic E-state index is 12.8. The molecule has 0 amide bonds. The van der Waals surface area contributed by atoms with Crippen molar-refractivity contribution in [3.05, 3.63) is 25.6 Å². The number of hydrogen-bond acceptors (Lipinski definition) is 4. The number of aromatic amines is 1. The molecule has 0 spiro atoms. The predicted octanol–water partition coefficient (Wildman–Crippen LogP) is 2.77. The lowest BCUT2D eigenvalue weighted by Gasteiger charge is -2.10. The van der Waals surface area contributed by atoms with Gasteiger partial charge in [0.25, 0.3) is 5.56 Å². The first kappa shape index (κ1) is 15.1. The summed E-state index contributed by atoms with van der Waals surface area (Å²) in [5, 5.41) is 0.834. The van der Waals surface area contributed by atoms with Crippen molar-refractivity contribution in [3.8, 4) is 0 Å². The van der Waals surface area contributed by atoms with Crippen LogP contribution in [0.4, 0.5) is 0 Å². The molecule has 0 saturated carbocycles. The highest BCUT2D eigenvalue weighted by Crippen LogP contribution is 2.33. The molecule has 1 atom stereocenters. The minimum absolute atomic E-state index is 0.0232. The normalized spacial score (nSPS) is 16.0. The predicted molar refractivity (Wildman–Crippen MR) is 91.5 cm³/mol. The standard InChI is InChI=1S/C14H18N2O2S3/c1-21(18)8-4-7-16-13(17)11-9-5-2-3-6-10(9)20-12(11)15-14(16)19/h2-8H2,1H3,(H,15,19). The summed E-state index contributed by atoms with van der Waals surface area (Å²) in [4.78, 5) is 18.2. The molecule has 2 heterocycles. The summed E-state index contributed by atoms with van der Waals surface area (Å²) in [5.41, 5.74) is 1.25. The Balaban J connectivity index is 2.07. The third-order valence-electron chi connectivity index (χ3n) is 3.91. The Kier molecular flexibility index (Phi) is 4.42. The molecule has 7 heteroatoms. The number of rotatable bonds is 4. The van der Waals surface area contributed by atoms with Crippen LogP contribution in [-0.4, -0.2) is 25.8 Å². The number of aryl methyl sites for hydroxylation is 2. The van der Waals surface area contributed by atoms with Gasteiger partial charge in [0, 0.05) is 34.2 Å². The summed E-state index contributed by atoms with van der Waals surface area (Å²) in [6.07, 6.45) is 6.82. The van der Waals surface area contributed by atoms with E-state index in [9.17, 15) is 9.00 Å². The fourth-order valence-corrected chi connectivity index (χ4v) is 5.06. The zero-order valence-corrected chi connectivity index (χ0v) is 14.4. The Bertz CT molecular complexity index is 816. The number of nitrogens with one attached hydrogen (secondary N) is 1. The smallest absolute Gasteiger partial charge is 0.263 e. The topological polar surface area (TPSA) is 54.9 Å². The van der Waals surface area contributed by atoms with Crippen LogP contribution in [0.1, 0.15) is 29.7 Å². The second-order valence-corrected chi connectivity index (χ2v) is 8.48. The molecule has 0 radical (unpaired) electrons. The molecule has 21 heavy (non-hydrogen) atoms. The van der Waals surface area contributed by atoms with Crippen molar-refractivity contribution in [2.24, 2.45) is 0 Å². The van der Waals surface area contributed by atoms with E-state index in [-0.39, 0.29) is 5.56 Å². The first-order valence-corrected chi connectivity index (χ1v) is 10.1. The lowest BCUT2D eigenvalue weighted by Crippen LogP contribution is -2.23. The van der Waals surface area contributed by atoms with Crippen LogP contribution in [0, 0.1) is 4.77 Å². The van der Waals surface area contributed by atoms with Crippen LogP contribution in [0.25, 0.3) is 10.2 Å². The highest BCUT2D eigenvalue weighted by molar-refractivity contribution is 7.84. The van der Waals surface area contributed by atoms with Gasteiger partial charge in [-0.3, -0.25) is 13.6 Å². The lowest BCUT2D eigenvalue weighted by atomic mass is 9.97. The van der Waals surface area contributed by atoms with Gasteiger partial charge in [0.2, 0.25) is 0 Å². The maximum Gasteiger partial charge on any atom is 0.263 e. The van der Waals surface area contributed by atoms with E-state index in [0.29, 0.717) is 23.5 Å². The molecule has 2 aromatic rings. The van der Waals surface area contributed by atoms with Crippen LogP contribution in [0.2, 0.25) is 0 Å². The maximum absolute atomic E-state index is 12.8. The molecule has 1 aliphatic rings. The molecule has 3 rings (SSSR count). The van der Waals surface area contributed by atoms with Gasteiger partial charge in [0.05, 0.1) is 5.39 Å². The van der Waals surface area contributed by atoms with Gasteiger partial charge >= 0.3 is 0 Å².